The minimum Gasteiger partial charge on any atom is -0.478 e. The Morgan fingerprint density at radius 2 is 1.70 bits per heavy atom. The van der Waals surface area contributed by atoms with E-state index >= 15 is 0 Å². The Bertz CT molecular complexity index is 881. The standard InChI is InChI=1S/C24H30N2O3S/c1-16-7-9-18(10-8-16)22(27)26(19-11-13-25-14-12-19)23-20(24(28)29)15-21(30-23)17-5-3-2-4-6-17/h2-6,15-16,18-19,25H,7-14H2,1H3,(H,28,29)/t16-,18-. The lowest BCUT2D eigenvalue weighted by molar-refractivity contribution is -0.124. The van der Waals surface area contributed by atoms with Crippen LogP contribution in [0.3, 0.4) is 0 Å². The summed E-state index contributed by atoms with van der Waals surface area (Å²) in [4.78, 5) is 28.7. The van der Waals surface area contributed by atoms with Crippen LogP contribution in [-0.4, -0.2) is 36.1 Å². The number of carboxylic acids is 1. The van der Waals surface area contributed by atoms with E-state index < -0.39 is 5.97 Å². The Balaban J connectivity index is 1.73. The highest BCUT2D eigenvalue weighted by atomic mass is 32.1. The Morgan fingerprint density at radius 3 is 2.33 bits per heavy atom. The number of hydrogen-bond acceptors (Lipinski definition) is 4. The molecule has 2 aromatic rings. The third-order valence-corrected chi connectivity index (χ3v) is 7.68. The summed E-state index contributed by atoms with van der Waals surface area (Å²) in [6.45, 7) is 3.96. The zero-order chi connectivity index (χ0) is 21.1. The van der Waals surface area contributed by atoms with Crippen molar-refractivity contribution in [3.8, 4) is 10.4 Å². The molecule has 6 heteroatoms. The van der Waals surface area contributed by atoms with Crippen LogP contribution in [0.15, 0.2) is 36.4 Å². The molecule has 1 aromatic heterocycles. The van der Waals surface area contributed by atoms with E-state index in [2.05, 4.69) is 12.2 Å². The van der Waals surface area contributed by atoms with Crippen LogP contribution >= 0.6 is 11.3 Å². The van der Waals surface area contributed by atoms with Crippen LogP contribution in [-0.2, 0) is 4.79 Å². The maximum absolute atomic E-state index is 13.7. The highest BCUT2D eigenvalue weighted by Gasteiger charge is 2.36. The first-order chi connectivity index (χ1) is 14.5. The van der Waals surface area contributed by atoms with Gasteiger partial charge in [-0.15, -0.1) is 11.3 Å². The number of rotatable bonds is 5. The minimum absolute atomic E-state index is 0.00000546. The summed E-state index contributed by atoms with van der Waals surface area (Å²) in [5.41, 5.74) is 1.23. The smallest absolute Gasteiger partial charge is 0.338 e. The molecule has 0 spiro atoms. The molecule has 2 fully saturated rings. The fourth-order valence-electron chi connectivity index (χ4n) is 4.67. The first kappa shape index (κ1) is 21.1. The number of hydrogen-bond donors (Lipinski definition) is 2. The number of benzene rings is 1. The van der Waals surface area contributed by atoms with Crippen LogP contribution in [0.1, 0.15) is 55.8 Å². The lowest BCUT2D eigenvalue weighted by Gasteiger charge is -2.37. The van der Waals surface area contributed by atoms with E-state index in [4.69, 9.17) is 0 Å². The summed E-state index contributed by atoms with van der Waals surface area (Å²) >= 11 is 1.44. The van der Waals surface area contributed by atoms with Crippen LogP contribution in [0, 0.1) is 11.8 Å². The number of nitrogens with one attached hydrogen (secondary N) is 1. The molecule has 4 rings (SSSR count). The van der Waals surface area contributed by atoms with Crippen molar-refractivity contribution < 1.29 is 14.7 Å². The first-order valence-corrected chi connectivity index (χ1v) is 11.8. The highest BCUT2D eigenvalue weighted by molar-refractivity contribution is 7.20. The summed E-state index contributed by atoms with van der Waals surface area (Å²) < 4.78 is 0. The van der Waals surface area contributed by atoms with Crippen molar-refractivity contribution in [2.24, 2.45) is 11.8 Å². The number of carboxylic acid groups (broad SMARTS) is 1. The predicted molar refractivity (Wildman–Crippen MR) is 121 cm³/mol. The van der Waals surface area contributed by atoms with Gasteiger partial charge in [0.05, 0.1) is 5.56 Å². The zero-order valence-corrected chi connectivity index (χ0v) is 18.3. The van der Waals surface area contributed by atoms with Crippen molar-refractivity contribution in [2.45, 2.75) is 51.5 Å². The SMILES string of the molecule is C[C@H]1CC[C@H](C(=O)N(c2sc(-c3ccccc3)cc2C(=O)O)C2CCNCC2)CC1. The summed E-state index contributed by atoms with van der Waals surface area (Å²) in [6, 6.07) is 11.6. The van der Waals surface area contributed by atoms with Crippen molar-refractivity contribution in [2.75, 3.05) is 18.0 Å². The second-order valence-corrected chi connectivity index (χ2v) is 9.68. The average Bonchev–Trinajstić information content (AvgIpc) is 3.21. The fraction of sp³-hybridized carbons (Fsp3) is 0.500. The van der Waals surface area contributed by atoms with Gasteiger partial charge in [0.1, 0.15) is 5.00 Å². The van der Waals surface area contributed by atoms with E-state index in [-0.39, 0.29) is 23.4 Å². The van der Waals surface area contributed by atoms with E-state index in [1.54, 1.807) is 6.07 Å². The van der Waals surface area contributed by atoms with E-state index in [1.165, 1.54) is 11.3 Å². The van der Waals surface area contributed by atoms with E-state index in [0.29, 0.717) is 10.9 Å². The van der Waals surface area contributed by atoms with Gasteiger partial charge in [0.2, 0.25) is 5.91 Å². The van der Waals surface area contributed by atoms with Gasteiger partial charge in [0, 0.05) is 16.8 Å². The van der Waals surface area contributed by atoms with Gasteiger partial charge in [0.25, 0.3) is 0 Å². The third-order valence-electron chi connectivity index (χ3n) is 6.50. The lowest BCUT2D eigenvalue weighted by atomic mass is 9.82. The maximum Gasteiger partial charge on any atom is 0.338 e. The van der Waals surface area contributed by atoms with E-state index in [1.807, 2.05) is 35.2 Å². The van der Waals surface area contributed by atoms with Crippen molar-refractivity contribution in [1.82, 2.24) is 5.32 Å². The molecule has 160 valence electrons. The molecule has 1 amide bonds. The molecular formula is C24H30N2O3S. The van der Waals surface area contributed by atoms with Gasteiger partial charge >= 0.3 is 5.97 Å². The van der Waals surface area contributed by atoms with Crippen molar-refractivity contribution >= 4 is 28.2 Å². The number of amides is 1. The summed E-state index contributed by atoms with van der Waals surface area (Å²) in [5.74, 6) is -0.174. The molecule has 1 aromatic carbocycles. The monoisotopic (exact) mass is 426 g/mol. The van der Waals surface area contributed by atoms with Gasteiger partial charge in [-0.3, -0.25) is 9.69 Å². The number of aromatic carboxylic acids is 1. The molecule has 0 atom stereocenters. The van der Waals surface area contributed by atoms with Crippen LogP contribution < -0.4 is 10.2 Å². The number of thiophene rings is 1. The van der Waals surface area contributed by atoms with E-state index in [9.17, 15) is 14.7 Å². The summed E-state index contributed by atoms with van der Waals surface area (Å²) in [5, 5.41) is 13.9. The molecule has 1 aliphatic carbocycles. The Labute approximate surface area is 182 Å². The van der Waals surface area contributed by atoms with Crippen LogP contribution in [0.2, 0.25) is 0 Å². The molecule has 1 aliphatic heterocycles. The normalized spacial score (nSPS) is 22.6. The third kappa shape index (κ3) is 4.44. The number of carbonyl (C=O) groups is 2. The van der Waals surface area contributed by atoms with Gasteiger partial charge in [-0.1, -0.05) is 37.3 Å². The van der Waals surface area contributed by atoms with Crippen molar-refractivity contribution in [3.05, 3.63) is 42.0 Å². The maximum atomic E-state index is 13.7. The van der Waals surface area contributed by atoms with Gasteiger partial charge in [-0.05, 0) is 69.2 Å². The second-order valence-electron chi connectivity index (χ2n) is 8.65. The molecule has 30 heavy (non-hydrogen) atoms. The Kier molecular flexibility index (Phi) is 6.54. The van der Waals surface area contributed by atoms with Gasteiger partial charge in [-0.2, -0.15) is 0 Å². The van der Waals surface area contributed by atoms with Gasteiger partial charge in [0.15, 0.2) is 0 Å². The lowest BCUT2D eigenvalue weighted by Crippen LogP contribution is -2.49. The number of piperidine rings is 1. The summed E-state index contributed by atoms with van der Waals surface area (Å²) in [6.07, 6.45) is 5.66. The molecule has 0 radical (unpaired) electrons. The van der Waals surface area contributed by atoms with Crippen LogP contribution in [0.25, 0.3) is 10.4 Å². The average molecular weight is 427 g/mol. The van der Waals surface area contributed by atoms with E-state index in [0.717, 1.165) is 62.1 Å². The van der Waals surface area contributed by atoms with Crippen LogP contribution in [0.4, 0.5) is 5.00 Å². The highest BCUT2D eigenvalue weighted by Crippen LogP contribution is 2.41. The topological polar surface area (TPSA) is 69.6 Å². The molecular weight excluding hydrogens is 396 g/mol. The number of nitrogens with zero attached hydrogens (tertiary/aromatic N) is 1. The summed E-state index contributed by atoms with van der Waals surface area (Å²) in [7, 11) is 0. The zero-order valence-electron chi connectivity index (χ0n) is 17.5. The Morgan fingerprint density at radius 1 is 1.03 bits per heavy atom. The molecule has 0 bridgehead atoms. The molecule has 2 heterocycles. The fourth-order valence-corrected chi connectivity index (χ4v) is 5.91. The minimum atomic E-state index is -0.965. The molecule has 2 N–H and O–H groups in total. The van der Waals surface area contributed by atoms with Crippen molar-refractivity contribution in [3.63, 3.8) is 0 Å². The molecule has 0 unspecified atom stereocenters. The molecule has 5 nitrogen and oxygen atoms in total. The van der Waals surface area contributed by atoms with Gasteiger partial charge in [-0.25, -0.2) is 4.79 Å². The quantitative estimate of drug-likeness (QED) is 0.704. The molecule has 1 saturated heterocycles. The largest absolute Gasteiger partial charge is 0.478 e. The number of anilines is 1. The molecule has 1 saturated carbocycles. The first-order valence-electron chi connectivity index (χ1n) is 11.0. The predicted octanol–water partition coefficient (Wildman–Crippen LogP) is 5.02. The second kappa shape index (κ2) is 9.31. The van der Waals surface area contributed by atoms with Gasteiger partial charge < -0.3 is 10.4 Å². The Hall–Kier alpha value is -2.18. The van der Waals surface area contributed by atoms with Crippen LogP contribution in [0.5, 0.6) is 0 Å². The number of carbonyl (C=O) groups excluding carboxylic acids is 1. The van der Waals surface area contributed by atoms with Crippen molar-refractivity contribution in [1.29, 1.82) is 0 Å². The molecule has 2 aliphatic rings.